The van der Waals surface area contributed by atoms with Crippen LogP contribution in [0.4, 0.5) is 0 Å². The van der Waals surface area contributed by atoms with Gasteiger partial charge in [0.25, 0.3) is 0 Å². The lowest BCUT2D eigenvalue weighted by Crippen LogP contribution is -2.14. The largest absolute Gasteiger partial charge is 0.504 e. The Balaban J connectivity index is 2.05. The van der Waals surface area contributed by atoms with Crippen molar-refractivity contribution in [2.24, 2.45) is 11.8 Å². The van der Waals surface area contributed by atoms with Crippen molar-refractivity contribution in [1.82, 2.24) is 0 Å². The minimum absolute atomic E-state index is 0.888. The van der Waals surface area contributed by atoms with Gasteiger partial charge in [-0.2, -0.15) is 0 Å². The van der Waals surface area contributed by atoms with Gasteiger partial charge in [-0.3, -0.25) is 0 Å². The molecule has 2 saturated carbocycles. The summed E-state index contributed by atoms with van der Waals surface area (Å²) in [6, 6.07) is 0. The Bertz CT molecular complexity index is 183. The summed E-state index contributed by atoms with van der Waals surface area (Å²) in [5.41, 5.74) is 1.59. The zero-order valence-electron chi connectivity index (χ0n) is 7.88. The van der Waals surface area contributed by atoms with Gasteiger partial charge in [0, 0.05) is 0 Å². The van der Waals surface area contributed by atoms with E-state index in [4.69, 9.17) is 4.74 Å². The third-order valence-electron chi connectivity index (χ3n) is 3.46. The highest BCUT2D eigenvalue weighted by Gasteiger charge is 2.33. The van der Waals surface area contributed by atoms with E-state index in [1.807, 2.05) is 6.26 Å². The predicted octanol–water partition coefficient (Wildman–Crippen LogP) is 3.12. The molecule has 1 heteroatoms. The van der Waals surface area contributed by atoms with Gasteiger partial charge >= 0.3 is 0 Å². The molecule has 0 aromatic carbocycles. The van der Waals surface area contributed by atoms with Gasteiger partial charge in [0.05, 0.1) is 13.4 Å². The molecular formula is C11H18O. The van der Waals surface area contributed by atoms with Gasteiger partial charge in [-0.1, -0.05) is 12.8 Å². The molecule has 68 valence electrons. The number of fused-ring (bicyclic) bond motifs is 1. The van der Waals surface area contributed by atoms with Crippen molar-refractivity contribution < 1.29 is 4.74 Å². The molecule has 2 aliphatic rings. The van der Waals surface area contributed by atoms with Crippen LogP contribution in [0, 0.1) is 11.8 Å². The highest BCUT2D eigenvalue weighted by molar-refractivity contribution is 5.12. The molecule has 0 N–H and O–H groups in total. The molecule has 2 aliphatic carbocycles. The summed E-state index contributed by atoms with van der Waals surface area (Å²) >= 11 is 0. The molecule has 0 saturated heterocycles. The molecule has 0 radical (unpaired) electrons. The molecule has 2 unspecified atom stereocenters. The summed E-state index contributed by atoms with van der Waals surface area (Å²) < 4.78 is 5.11. The van der Waals surface area contributed by atoms with Crippen LogP contribution in [0.2, 0.25) is 0 Å². The first-order valence-electron chi connectivity index (χ1n) is 5.13. The minimum atomic E-state index is 0.888. The van der Waals surface area contributed by atoms with E-state index in [0.717, 1.165) is 11.8 Å². The summed E-state index contributed by atoms with van der Waals surface area (Å²) in [4.78, 5) is 0. The molecule has 1 nitrogen and oxygen atoms in total. The summed E-state index contributed by atoms with van der Waals surface area (Å²) in [7, 11) is 1.77. The predicted molar refractivity (Wildman–Crippen MR) is 49.8 cm³/mol. The van der Waals surface area contributed by atoms with Gasteiger partial charge in [-0.25, -0.2) is 0 Å². The summed E-state index contributed by atoms with van der Waals surface area (Å²) in [5.74, 6) is 1.89. The second kappa shape index (κ2) is 3.51. The SMILES string of the molecule is CO/C=C1\CCC2CCCCC12. The first-order chi connectivity index (χ1) is 5.92. The number of methoxy groups -OCH3 is 1. The van der Waals surface area contributed by atoms with Gasteiger partial charge < -0.3 is 4.74 Å². The molecule has 0 spiro atoms. The summed E-state index contributed by atoms with van der Waals surface area (Å²) in [6.45, 7) is 0. The van der Waals surface area contributed by atoms with E-state index >= 15 is 0 Å². The normalized spacial score (nSPS) is 38.2. The van der Waals surface area contributed by atoms with Crippen molar-refractivity contribution in [3.05, 3.63) is 11.8 Å². The fourth-order valence-electron chi connectivity index (χ4n) is 2.88. The second-order valence-electron chi connectivity index (χ2n) is 4.12. The average molecular weight is 166 g/mol. The van der Waals surface area contributed by atoms with Crippen LogP contribution in [0.3, 0.4) is 0 Å². The van der Waals surface area contributed by atoms with Crippen LogP contribution in [0.1, 0.15) is 38.5 Å². The maximum Gasteiger partial charge on any atom is 0.0819 e. The molecule has 0 amide bonds. The molecule has 2 rings (SSSR count). The standard InChI is InChI=1S/C11H18O/c1-12-8-10-7-6-9-4-2-3-5-11(9)10/h8-9,11H,2-7H2,1H3/b10-8+. The highest BCUT2D eigenvalue weighted by atomic mass is 16.5. The van der Waals surface area contributed by atoms with Crippen molar-refractivity contribution in [3.63, 3.8) is 0 Å². The Morgan fingerprint density at radius 3 is 2.92 bits per heavy atom. The Morgan fingerprint density at radius 2 is 2.08 bits per heavy atom. The Labute approximate surface area is 74.8 Å². The third kappa shape index (κ3) is 1.37. The summed E-state index contributed by atoms with van der Waals surface area (Å²) in [6.07, 6.45) is 10.5. The first kappa shape index (κ1) is 8.15. The molecule has 0 aliphatic heterocycles. The van der Waals surface area contributed by atoms with Crippen molar-refractivity contribution in [1.29, 1.82) is 0 Å². The first-order valence-corrected chi connectivity index (χ1v) is 5.13. The fourth-order valence-corrected chi connectivity index (χ4v) is 2.88. The summed E-state index contributed by atoms with van der Waals surface area (Å²) in [5, 5.41) is 0. The van der Waals surface area contributed by atoms with Gasteiger partial charge in [0.1, 0.15) is 0 Å². The lowest BCUT2D eigenvalue weighted by Gasteiger charge is -2.25. The van der Waals surface area contributed by atoms with E-state index in [9.17, 15) is 0 Å². The Morgan fingerprint density at radius 1 is 1.25 bits per heavy atom. The molecule has 2 fully saturated rings. The molecule has 0 aromatic heterocycles. The Kier molecular flexibility index (Phi) is 2.38. The van der Waals surface area contributed by atoms with Crippen LogP contribution >= 0.6 is 0 Å². The van der Waals surface area contributed by atoms with Crippen LogP contribution in [0.25, 0.3) is 0 Å². The van der Waals surface area contributed by atoms with Gasteiger partial charge in [0.2, 0.25) is 0 Å². The van der Waals surface area contributed by atoms with E-state index < -0.39 is 0 Å². The lowest BCUT2D eigenvalue weighted by atomic mass is 9.80. The number of hydrogen-bond donors (Lipinski definition) is 0. The number of allylic oxidation sites excluding steroid dienone is 1. The lowest BCUT2D eigenvalue weighted by molar-refractivity contribution is 0.288. The second-order valence-corrected chi connectivity index (χ2v) is 4.12. The van der Waals surface area contributed by atoms with Gasteiger partial charge in [-0.05, 0) is 43.1 Å². The molecule has 2 atom stereocenters. The minimum Gasteiger partial charge on any atom is -0.504 e. The van der Waals surface area contributed by atoms with Crippen molar-refractivity contribution in [3.8, 4) is 0 Å². The number of ether oxygens (including phenoxy) is 1. The quantitative estimate of drug-likeness (QED) is 0.544. The van der Waals surface area contributed by atoms with Gasteiger partial charge in [0.15, 0.2) is 0 Å². The number of hydrogen-bond acceptors (Lipinski definition) is 1. The van der Waals surface area contributed by atoms with E-state index in [2.05, 4.69) is 0 Å². The Hall–Kier alpha value is -0.460. The maximum absolute atomic E-state index is 5.11. The highest BCUT2D eigenvalue weighted by Crippen LogP contribution is 2.45. The molecule has 0 bridgehead atoms. The monoisotopic (exact) mass is 166 g/mol. The topological polar surface area (TPSA) is 9.23 Å². The van der Waals surface area contributed by atoms with Crippen molar-refractivity contribution in [2.45, 2.75) is 38.5 Å². The van der Waals surface area contributed by atoms with Crippen LogP contribution < -0.4 is 0 Å². The molecule has 0 heterocycles. The van der Waals surface area contributed by atoms with Crippen molar-refractivity contribution in [2.75, 3.05) is 7.11 Å². The fraction of sp³-hybridized carbons (Fsp3) is 0.818. The average Bonchev–Trinajstić information content (AvgIpc) is 2.50. The smallest absolute Gasteiger partial charge is 0.0819 e. The third-order valence-corrected chi connectivity index (χ3v) is 3.46. The van der Waals surface area contributed by atoms with E-state index in [1.54, 1.807) is 12.7 Å². The number of rotatable bonds is 1. The van der Waals surface area contributed by atoms with Crippen LogP contribution in [-0.4, -0.2) is 7.11 Å². The van der Waals surface area contributed by atoms with Crippen LogP contribution in [0.5, 0.6) is 0 Å². The molecular weight excluding hydrogens is 148 g/mol. The van der Waals surface area contributed by atoms with E-state index in [-0.39, 0.29) is 0 Å². The zero-order valence-corrected chi connectivity index (χ0v) is 7.88. The van der Waals surface area contributed by atoms with E-state index in [0.29, 0.717) is 0 Å². The zero-order chi connectivity index (χ0) is 8.39. The van der Waals surface area contributed by atoms with E-state index in [1.165, 1.54) is 38.5 Å². The molecule has 12 heavy (non-hydrogen) atoms. The van der Waals surface area contributed by atoms with Gasteiger partial charge in [-0.15, -0.1) is 0 Å². The maximum atomic E-state index is 5.11. The van der Waals surface area contributed by atoms with Crippen molar-refractivity contribution >= 4 is 0 Å². The van der Waals surface area contributed by atoms with Crippen LogP contribution in [-0.2, 0) is 4.74 Å². The van der Waals surface area contributed by atoms with Crippen LogP contribution in [0.15, 0.2) is 11.8 Å². The molecule has 0 aromatic rings.